The smallest absolute Gasteiger partial charge is 0.244 e. The fourth-order valence-electron chi connectivity index (χ4n) is 3.00. The molecule has 0 unspecified atom stereocenters. The number of carbonyl (C=O) groups is 1. The number of fused-ring (bicyclic) bond motifs is 1. The zero-order chi connectivity index (χ0) is 17.8. The van der Waals surface area contributed by atoms with Crippen LogP contribution in [0.5, 0.6) is 0 Å². The molecule has 0 atom stereocenters. The third-order valence-corrected chi connectivity index (χ3v) is 4.38. The number of hydrazone groups is 1. The van der Waals surface area contributed by atoms with Crippen molar-refractivity contribution in [3.05, 3.63) is 82.9 Å². The number of amides is 1. The Balaban J connectivity index is 1.75. The zero-order valence-corrected chi connectivity index (χ0v) is 14.8. The molecule has 0 aliphatic heterocycles. The highest BCUT2D eigenvalue weighted by Gasteiger charge is 2.07. The van der Waals surface area contributed by atoms with Crippen molar-refractivity contribution in [2.45, 2.75) is 27.2 Å². The minimum atomic E-state index is -0.105. The first kappa shape index (κ1) is 16.9. The number of aryl methyl sites for hydroxylation is 2. The van der Waals surface area contributed by atoms with Gasteiger partial charge in [-0.3, -0.25) is 4.79 Å². The fourth-order valence-corrected chi connectivity index (χ4v) is 3.00. The maximum atomic E-state index is 12.2. The molecule has 3 heteroatoms. The van der Waals surface area contributed by atoms with Gasteiger partial charge in [0.05, 0.1) is 12.1 Å². The summed E-state index contributed by atoms with van der Waals surface area (Å²) < 4.78 is 0. The molecule has 3 aromatic carbocycles. The van der Waals surface area contributed by atoms with Crippen LogP contribution in [0.15, 0.2) is 65.8 Å². The summed E-state index contributed by atoms with van der Waals surface area (Å²) in [5, 5.41) is 6.60. The van der Waals surface area contributed by atoms with Crippen molar-refractivity contribution >= 4 is 22.4 Å². The molecule has 3 rings (SSSR count). The van der Waals surface area contributed by atoms with Crippen molar-refractivity contribution in [3.8, 4) is 0 Å². The lowest BCUT2D eigenvalue weighted by atomic mass is 10.0. The standard InChI is InChI=1S/C22H22N2O/c1-15-11-12-19(16(2)13-15)14-22(25)24-23-17(3)20-10-6-8-18-7-4-5-9-21(18)20/h4-13H,14H2,1-3H3,(H,24,25)/b23-17+. The summed E-state index contributed by atoms with van der Waals surface area (Å²) in [6.45, 7) is 5.99. The van der Waals surface area contributed by atoms with E-state index in [9.17, 15) is 4.79 Å². The summed E-state index contributed by atoms with van der Waals surface area (Å²) in [5.41, 5.74) is 7.87. The fraction of sp³-hybridized carbons (Fsp3) is 0.182. The van der Waals surface area contributed by atoms with Gasteiger partial charge in [-0.05, 0) is 42.7 Å². The topological polar surface area (TPSA) is 41.5 Å². The SMILES string of the molecule is C/C(=N\NC(=O)Cc1ccc(C)cc1C)c1cccc2ccccc12. The summed E-state index contributed by atoms with van der Waals surface area (Å²) in [6, 6.07) is 20.4. The second-order valence-corrected chi connectivity index (χ2v) is 6.37. The van der Waals surface area contributed by atoms with Gasteiger partial charge in [-0.1, -0.05) is 66.2 Å². The monoisotopic (exact) mass is 330 g/mol. The molecule has 1 amide bonds. The van der Waals surface area contributed by atoms with Crippen LogP contribution in [0.4, 0.5) is 0 Å². The highest BCUT2D eigenvalue weighted by molar-refractivity contribution is 6.09. The second kappa shape index (κ2) is 7.31. The molecule has 0 spiro atoms. The van der Waals surface area contributed by atoms with E-state index in [-0.39, 0.29) is 5.91 Å². The Morgan fingerprint density at radius 2 is 1.76 bits per heavy atom. The van der Waals surface area contributed by atoms with E-state index in [0.29, 0.717) is 6.42 Å². The average molecular weight is 330 g/mol. The molecule has 126 valence electrons. The molecule has 0 saturated heterocycles. The number of nitrogens with zero attached hydrogens (tertiary/aromatic N) is 1. The number of rotatable bonds is 4. The molecule has 0 bridgehead atoms. The average Bonchev–Trinajstić information content (AvgIpc) is 2.61. The predicted molar refractivity (Wildman–Crippen MR) is 104 cm³/mol. The lowest BCUT2D eigenvalue weighted by molar-refractivity contribution is -0.120. The molecule has 1 N–H and O–H groups in total. The Hall–Kier alpha value is -2.94. The van der Waals surface area contributed by atoms with Crippen LogP contribution in [0.2, 0.25) is 0 Å². The molecular formula is C22H22N2O. The van der Waals surface area contributed by atoms with Crippen LogP contribution in [-0.4, -0.2) is 11.6 Å². The normalized spacial score (nSPS) is 11.6. The molecule has 25 heavy (non-hydrogen) atoms. The van der Waals surface area contributed by atoms with E-state index in [0.717, 1.165) is 33.2 Å². The van der Waals surface area contributed by atoms with Gasteiger partial charge in [-0.15, -0.1) is 0 Å². The van der Waals surface area contributed by atoms with Crippen molar-refractivity contribution < 1.29 is 4.79 Å². The highest BCUT2D eigenvalue weighted by atomic mass is 16.2. The maximum absolute atomic E-state index is 12.2. The summed E-state index contributed by atoms with van der Waals surface area (Å²) in [7, 11) is 0. The third-order valence-electron chi connectivity index (χ3n) is 4.38. The highest BCUT2D eigenvalue weighted by Crippen LogP contribution is 2.19. The van der Waals surface area contributed by atoms with Crippen molar-refractivity contribution in [3.63, 3.8) is 0 Å². The van der Waals surface area contributed by atoms with E-state index in [1.807, 2.05) is 50.2 Å². The van der Waals surface area contributed by atoms with Crippen LogP contribution >= 0.6 is 0 Å². The molecule has 3 nitrogen and oxygen atoms in total. The first-order chi connectivity index (χ1) is 12.0. The number of benzene rings is 3. The van der Waals surface area contributed by atoms with Crippen LogP contribution in [0, 0.1) is 13.8 Å². The van der Waals surface area contributed by atoms with E-state index >= 15 is 0 Å². The lowest BCUT2D eigenvalue weighted by Gasteiger charge is -2.08. The van der Waals surface area contributed by atoms with E-state index in [1.54, 1.807) is 0 Å². The van der Waals surface area contributed by atoms with Gasteiger partial charge in [0.25, 0.3) is 0 Å². The Morgan fingerprint density at radius 1 is 1.00 bits per heavy atom. The van der Waals surface area contributed by atoms with Crippen LogP contribution in [-0.2, 0) is 11.2 Å². The quantitative estimate of drug-likeness (QED) is 0.554. The molecule has 0 aliphatic rings. The molecule has 0 aliphatic carbocycles. The summed E-state index contributed by atoms with van der Waals surface area (Å²) in [6.07, 6.45) is 0.332. The Kier molecular flexibility index (Phi) is 4.94. The van der Waals surface area contributed by atoms with Gasteiger partial charge >= 0.3 is 0 Å². The van der Waals surface area contributed by atoms with E-state index in [1.165, 1.54) is 5.56 Å². The first-order valence-electron chi connectivity index (χ1n) is 8.42. The molecular weight excluding hydrogens is 308 g/mol. The summed E-state index contributed by atoms with van der Waals surface area (Å²) in [4.78, 5) is 12.2. The summed E-state index contributed by atoms with van der Waals surface area (Å²) in [5.74, 6) is -0.105. The molecule has 3 aromatic rings. The third kappa shape index (κ3) is 3.94. The first-order valence-corrected chi connectivity index (χ1v) is 8.42. The van der Waals surface area contributed by atoms with Gasteiger partial charge in [0.15, 0.2) is 0 Å². The van der Waals surface area contributed by atoms with Gasteiger partial charge in [-0.25, -0.2) is 5.43 Å². The van der Waals surface area contributed by atoms with Crippen LogP contribution in [0.3, 0.4) is 0 Å². The Morgan fingerprint density at radius 3 is 2.56 bits per heavy atom. The van der Waals surface area contributed by atoms with Crippen molar-refractivity contribution in [2.24, 2.45) is 5.10 Å². The Labute approximate surface area is 148 Å². The molecule has 0 heterocycles. The molecule has 0 saturated carbocycles. The largest absolute Gasteiger partial charge is 0.273 e. The van der Waals surface area contributed by atoms with Crippen molar-refractivity contribution in [2.75, 3.05) is 0 Å². The predicted octanol–water partition coefficient (Wildman–Crippen LogP) is 4.54. The lowest BCUT2D eigenvalue weighted by Crippen LogP contribution is -2.21. The van der Waals surface area contributed by atoms with Gasteiger partial charge in [0.1, 0.15) is 0 Å². The number of carbonyl (C=O) groups excluding carboxylic acids is 1. The molecule has 0 radical (unpaired) electrons. The maximum Gasteiger partial charge on any atom is 0.244 e. The number of hydrogen-bond donors (Lipinski definition) is 1. The minimum Gasteiger partial charge on any atom is -0.273 e. The zero-order valence-electron chi connectivity index (χ0n) is 14.8. The van der Waals surface area contributed by atoms with Crippen LogP contribution in [0.1, 0.15) is 29.2 Å². The molecule has 0 fully saturated rings. The summed E-state index contributed by atoms with van der Waals surface area (Å²) >= 11 is 0. The number of hydrogen-bond acceptors (Lipinski definition) is 2. The van der Waals surface area contributed by atoms with Crippen molar-refractivity contribution in [1.82, 2.24) is 5.43 Å². The second-order valence-electron chi connectivity index (χ2n) is 6.37. The van der Waals surface area contributed by atoms with Gasteiger partial charge in [-0.2, -0.15) is 5.10 Å². The van der Waals surface area contributed by atoms with E-state index in [4.69, 9.17) is 0 Å². The van der Waals surface area contributed by atoms with Crippen LogP contribution in [0.25, 0.3) is 10.8 Å². The van der Waals surface area contributed by atoms with E-state index < -0.39 is 0 Å². The number of nitrogens with one attached hydrogen (secondary N) is 1. The Bertz CT molecular complexity index is 952. The van der Waals surface area contributed by atoms with Crippen LogP contribution < -0.4 is 5.43 Å². The minimum absolute atomic E-state index is 0.105. The van der Waals surface area contributed by atoms with Gasteiger partial charge in [0, 0.05) is 5.56 Å². The van der Waals surface area contributed by atoms with Gasteiger partial charge < -0.3 is 0 Å². The van der Waals surface area contributed by atoms with E-state index in [2.05, 4.69) is 41.7 Å². The van der Waals surface area contributed by atoms with Gasteiger partial charge in [0.2, 0.25) is 5.91 Å². The van der Waals surface area contributed by atoms with Crippen molar-refractivity contribution in [1.29, 1.82) is 0 Å². The molecule has 0 aromatic heterocycles.